The zero-order valence-electron chi connectivity index (χ0n) is 35.1. The molecule has 2 nitrogen and oxygen atoms in total. The number of anilines is 3. The molecule has 0 fully saturated rings. The summed E-state index contributed by atoms with van der Waals surface area (Å²) in [7, 11) is 0. The summed E-state index contributed by atoms with van der Waals surface area (Å²) in [5.74, 6) is 0. The SMILES string of the molecule is c1ccc(-c2ccc(-c3ccc4ccccc4c3)cc2N(c2ccc(-c3cccc(-n4c5ccccc5c5ccccc54)c3)cc2)c2ccc(-c3cccc4ccccc34)cc2)cc1. The van der Waals surface area contributed by atoms with Crippen LogP contribution < -0.4 is 4.90 Å². The third kappa shape index (κ3) is 6.61. The van der Waals surface area contributed by atoms with Gasteiger partial charge in [0.1, 0.15) is 0 Å². The van der Waals surface area contributed by atoms with E-state index < -0.39 is 0 Å². The minimum atomic E-state index is 1.08. The molecule has 0 saturated heterocycles. The Balaban J connectivity index is 1.00. The van der Waals surface area contributed by atoms with Crippen LogP contribution in [0.15, 0.2) is 255 Å². The second-order valence-electron chi connectivity index (χ2n) is 16.5. The van der Waals surface area contributed by atoms with Crippen LogP contribution in [0.3, 0.4) is 0 Å². The lowest BCUT2D eigenvalue weighted by atomic mass is 9.95. The smallest absolute Gasteiger partial charge is 0.0546 e. The van der Waals surface area contributed by atoms with Crippen molar-refractivity contribution in [3.63, 3.8) is 0 Å². The van der Waals surface area contributed by atoms with Gasteiger partial charge in [0.05, 0.1) is 16.7 Å². The van der Waals surface area contributed by atoms with Crippen molar-refractivity contribution in [2.45, 2.75) is 0 Å². The minimum Gasteiger partial charge on any atom is -0.310 e. The molecule has 0 unspecified atom stereocenters. The molecule has 0 atom stereocenters. The molecule has 0 bridgehead atoms. The van der Waals surface area contributed by atoms with E-state index in [1.165, 1.54) is 71.2 Å². The lowest BCUT2D eigenvalue weighted by Crippen LogP contribution is -2.11. The summed E-state index contributed by atoms with van der Waals surface area (Å²) in [4.78, 5) is 2.43. The van der Waals surface area contributed by atoms with Crippen molar-refractivity contribution < 1.29 is 0 Å². The first-order valence-electron chi connectivity index (χ1n) is 22.0. The Bertz CT molecular complexity index is 3600. The van der Waals surface area contributed by atoms with Crippen LogP contribution in [0.25, 0.3) is 93.5 Å². The number of hydrogen-bond donors (Lipinski definition) is 0. The number of rotatable bonds is 8. The van der Waals surface area contributed by atoms with E-state index >= 15 is 0 Å². The van der Waals surface area contributed by atoms with Gasteiger partial charge in [-0.25, -0.2) is 0 Å². The fraction of sp³-hybridized carbons (Fsp3) is 0. The summed E-state index contributed by atoms with van der Waals surface area (Å²) >= 11 is 0. The lowest BCUT2D eigenvalue weighted by Gasteiger charge is -2.29. The Labute approximate surface area is 373 Å². The minimum absolute atomic E-state index is 1.08. The van der Waals surface area contributed by atoms with E-state index in [9.17, 15) is 0 Å². The number of nitrogens with zero attached hydrogens (tertiary/aromatic N) is 2. The average molecular weight is 815 g/mol. The monoisotopic (exact) mass is 814 g/mol. The van der Waals surface area contributed by atoms with Crippen molar-refractivity contribution >= 4 is 60.4 Å². The molecule has 0 saturated carbocycles. The van der Waals surface area contributed by atoms with Crippen molar-refractivity contribution in [2.24, 2.45) is 0 Å². The van der Waals surface area contributed by atoms with Gasteiger partial charge in [-0.3, -0.25) is 0 Å². The molecule has 0 amide bonds. The molecule has 64 heavy (non-hydrogen) atoms. The number of aromatic nitrogens is 1. The summed E-state index contributed by atoms with van der Waals surface area (Å²) in [6.07, 6.45) is 0. The zero-order chi connectivity index (χ0) is 42.4. The van der Waals surface area contributed by atoms with Gasteiger partial charge in [0.25, 0.3) is 0 Å². The maximum absolute atomic E-state index is 2.43. The number of benzene rings is 11. The molecule has 0 aliphatic rings. The molecule has 0 radical (unpaired) electrons. The highest BCUT2D eigenvalue weighted by atomic mass is 15.1. The van der Waals surface area contributed by atoms with Gasteiger partial charge >= 0.3 is 0 Å². The van der Waals surface area contributed by atoms with E-state index in [2.05, 4.69) is 264 Å². The second-order valence-corrected chi connectivity index (χ2v) is 16.5. The van der Waals surface area contributed by atoms with Gasteiger partial charge in [-0.15, -0.1) is 0 Å². The first kappa shape index (κ1) is 37.3. The quantitative estimate of drug-likeness (QED) is 0.148. The topological polar surface area (TPSA) is 8.17 Å². The molecule has 300 valence electrons. The van der Waals surface area contributed by atoms with Gasteiger partial charge in [-0.2, -0.15) is 0 Å². The average Bonchev–Trinajstić information content (AvgIpc) is 3.71. The van der Waals surface area contributed by atoms with E-state index in [1.807, 2.05) is 0 Å². The Morgan fingerprint density at radius 2 is 0.766 bits per heavy atom. The van der Waals surface area contributed by atoms with Crippen LogP contribution >= 0.6 is 0 Å². The molecule has 0 N–H and O–H groups in total. The van der Waals surface area contributed by atoms with Crippen LogP contribution in [0.5, 0.6) is 0 Å². The van der Waals surface area contributed by atoms with Gasteiger partial charge in [-0.05, 0) is 121 Å². The molecule has 1 aromatic heterocycles. The Hall–Kier alpha value is -8.46. The summed E-state index contributed by atoms with van der Waals surface area (Å²) < 4.78 is 2.39. The number of fused-ring (bicyclic) bond motifs is 5. The van der Waals surface area contributed by atoms with Crippen molar-refractivity contribution in [3.8, 4) is 50.2 Å². The standard InChI is InChI=1S/C62H42N2/c1-2-15-46(16-3-1)57-39-34-51(50-29-28-43-14-4-5-18-48(43)40-50)42-62(57)63(53-37-32-47(33-38-53)56-25-13-19-45-17-6-7-22-55(45)56)52-35-30-44(31-36-52)49-20-12-21-54(41-49)64-60-26-10-8-23-58(60)59-24-9-11-27-61(59)64/h1-42H. The Kier molecular flexibility index (Phi) is 9.20. The van der Waals surface area contributed by atoms with Gasteiger partial charge in [0.2, 0.25) is 0 Å². The van der Waals surface area contributed by atoms with Crippen LogP contribution in [-0.2, 0) is 0 Å². The summed E-state index contributed by atoms with van der Waals surface area (Å²) in [6, 6.07) is 92.8. The molecule has 0 aliphatic heterocycles. The van der Waals surface area contributed by atoms with Crippen LogP contribution in [0.1, 0.15) is 0 Å². The van der Waals surface area contributed by atoms with Gasteiger partial charge in [0, 0.05) is 33.4 Å². The predicted molar refractivity (Wildman–Crippen MR) is 272 cm³/mol. The summed E-state index contributed by atoms with van der Waals surface area (Å²) in [5.41, 5.74) is 16.2. The first-order valence-corrected chi connectivity index (χ1v) is 22.0. The van der Waals surface area contributed by atoms with Crippen molar-refractivity contribution in [1.82, 2.24) is 4.57 Å². The van der Waals surface area contributed by atoms with E-state index in [1.54, 1.807) is 0 Å². The lowest BCUT2D eigenvalue weighted by molar-refractivity contribution is 1.18. The molecule has 12 aromatic rings. The van der Waals surface area contributed by atoms with E-state index in [0.29, 0.717) is 0 Å². The third-order valence-electron chi connectivity index (χ3n) is 12.8. The maximum Gasteiger partial charge on any atom is 0.0546 e. The van der Waals surface area contributed by atoms with E-state index in [-0.39, 0.29) is 0 Å². The van der Waals surface area contributed by atoms with Crippen molar-refractivity contribution in [3.05, 3.63) is 255 Å². The Morgan fingerprint density at radius 3 is 1.50 bits per heavy atom. The Morgan fingerprint density at radius 1 is 0.266 bits per heavy atom. The molecule has 2 heteroatoms. The molecule has 0 spiro atoms. The van der Waals surface area contributed by atoms with Crippen LogP contribution in [0.2, 0.25) is 0 Å². The van der Waals surface area contributed by atoms with Gasteiger partial charge in [0.15, 0.2) is 0 Å². The molecular formula is C62H42N2. The first-order chi connectivity index (χ1) is 31.7. The van der Waals surface area contributed by atoms with Gasteiger partial charge in [-0.1, -0.05) is 194 Å². The van der Waals surface area contributed by atoms with E-state index in [0.717, 1.165) is 39.4 Å². The van der Waals surface area contributed by atoms with E-state index in [4.69, 9.17) is 0 Å². The molecule has 0 aliphatic carbocycles. The van der Waals surface area contributed by atoms with Crippen LogP contribution in [0.4, 0.5) is 17.1 Å². The highest BCUT2D eigenvalue weighted by Gasteiger charge is 2.20. The zero-order valence-corrected chi connectivity index (χ0v) is 35.1. The second kappa shape index (κ2) is 15.8. The van der Waals surface area contributed by atoms with Crippen LogP contribution in [0, 0.1) is 0 Å². The fourth-order valence-electron chi connectivity index (χ4n) is 9.65. The molecule has 11 aromatic carbocycles. The van der Waals surface area contributed by atoms with Crippen LogP contribution in [-0.4, -0.2) is 4.57 Å². The number of hydrogen-bond acceptors (Lipinski definition) is 1. The van der Waals surface area contributed by atoms with Crippen molar-refractivity contribution in [2.75, 3.05) is 4.90 Å². The summed E-state index contributed by atoms with van der Waals surface area (Å²) in [6.45, 7) is 0. The van der Waals surface area contributed by atoms with Crippen molar-refractivity contribution in [1.29, 1.82) is 0 Å². The largest absolute Gasteiger partial charge is 0.310 e. The normalized spacial score (nSPS) is 11.4. The fourth-order valence-corrected chi connectivity index (χ4v) is 9.65. The summed E-state index contributed by atoms with van der Waals surface area (Å²) in [5, 5.41) is 7.48. The van der Waals surface area contributed by atoms with Gasteiger partial charge < -0.3 is 9.47 Å². The highest BCUT2D eigenvalue weighted by molar-refractivity contribution is 6.09. The molecular weight excluding hydrogens is 773 g/mol. The highest BCUT2D eigenvalue weighted by Crippen LogP contribution is 2.44. The third-order valence-corrected chi connectivity index (χ3v) is 12.8. The maximum atomic E-state index is 2.43. The number of para-hydroxylation sites is 2. The molecule has 1 heterocycles. The predicted octanol–water partition coefficient (Wildman–Crippen LogP) is 17.2. The molecule has 12 rings (SSSR count).